The normalized spacial score (nSPS) is 17.1. The zero-order valence-corrected chi connectivity index (χ0v) is 11.2. The monoisotopic (exact) mass is 281 g/mol. The molecule has 110 valence electrons. The second-order valence-corrected chi connectivity index (χ2v) is 4.96. The number of nitrogens with one attached hydrogen (secondary N) is 1. The van der Waals surface area contributed by atoms with Gasteiger partial charge >= 0.3 is 5.97 Å². The number of nitrogens with two attached hydrogens (primary N) is 1. The molecule has 0 aromatic carbocycles. The van der Waals surface area contributed by atoms with Gasteiger partial charge in [-0.05, 0) is 25.0 Å². The molecule has 1 aromatic heterocycles. The Balaban J connectivity index is 1.73. The van der Waals surface area contributed by atoms with E-state index in [0.29, 0.717) is 12.3 Å². The zero-order chi connectivity index (χ0) is 14.5. The highest BCUT2D eigenvalue weighted by atomic mass is 16.4. The smallest absolute Gasteiger partial charge is 0.371 e. The number of hydrogen-bond acceptors (Lipinski definition) is 5. The predicted octanol–water partition coefficient (Wildman–Crippen LogP) is 0.0171. The van der Waals surface area contributed by atoms with Crippen LogP contribution in [0.4, 0.5) is 0 Å². The number of piperidine rings is 1. The van der Waals surface area contributed by atoms with Crippen LogP contribution in [0, 0.1) is 0 Å². The summed E-state index contributed by atoms with van der Waals surface area (Å²) < 4.78 is 5.06. The topological polar surface area (TPSA) is 109 Å². The first-order valence-electron chi connectivity index (χ1n) is 6.61. The van der Waals surface area contributed by atoms with Crippen molar-refractivity contribution < 1.29 is 19.1 Å². The molecule has 2 heterocycles. The van der Waals surface area contributed by atoms with Gasteiger partial charge < -0.3 is 20.6 Å². The lowest BCUT2D eigenvalue weighted by Crippen LogP contribution is -2.44. The quantitative estimate of drug-likeness (QED) is 0.702. The summed E-state index contributed by atoms with van der Waals surface area (Å²) in [6.45, 7) is 2.19. The van der Waals surface area contributed by atoms with E-state index in [0.717, 1.165) is 25.9 Å². The molecule has 1 aliphatic heterocycles. The Bertz CT molecular complexity index is 478. The second-order valence-electron chi connectivity index (χ2n) is 4.96. The lowest BCUT2D eigenvalue weighted by Gasteiger charge is -2.29. The molecular formula is C13H19N3O4. The number of rotatable bonds is 5. The van der Waals surface area contributed by atoms with Gasteiger partial charge in [0.15, 0.2) is 0 Å². The molecule has 0 radical (unpaired) electrons. The van der Waals surface area contributed by atoms with Crippen molar-refractivity contribution in [2.75, 3.05) is 19.6 Å². The molecule has 0 bridgehead atoms. The molecule has 2 rings (SSSR count). The van der Waals surface area contributed by atoms with Crippen LogP contribution in [-0.2, 0) is 11.3 Å². The van der Waals surface area contributed by atoms with Crippen LogP contribution >= 0.6 is 0 Å². The minimum Gasteiger partial charge on any atom is -0.475 e. The summed E-state index contributed by atoms with van der Waals surface area (Å²) in [5, 5.41) is 11.4. The van der Waals surface area contributed by atoms with Gasteiger partial charge in [-0.3, -0.25) is 9.69 Å². The predicted molar refractivity (Wildman–Crippen MR) is 71.2 cm³/mol. The van der Waals surface area contributed by atoms with Crippen molar-refractivity contribution in [1.29, 1.82) is 0 Å². The third-order valence-corrected chi connectivity index (χ3v) is 3.33. The van der Waals surface area contributed by atoms with Crippen LogP contribution in [0.2, 0.25) is 0 Å². The highest BCUT2D eigenvalue weighted by Crippen LogP contribution is 2.09. The van der Waals surface area contributed by atoms with E-state index < -0.39 is 5.97 Å². The third-order valence-electron chi connectivity index (χ3n) is 3.33. The van der Waals surface area contributed by atoms with Gasteiger partial charge in [0.1, 0.15) is 5.76 Å². The van der Waals surface area contributed by atoms with Crippen molar-refractivity contribution in [3.8, 4) is 0 Å². The Morgan fingerprint density at radius 2 is 2.10 bits per heavy atom. The average molecular weight is 281 g/mol. The zero-order valence-electron chi connectivity index (χ0n) is 11.2. The molecule has 1 aromatic rings. The summed E-state index contributed by atoms with van der Waals surface area (Å²) >= 11 is 0. The lowest BCUT2D eigenvalue weighted by molar-refractivity contribution is -0.122. The van der Waals surface area contributed by atoms with E-state index in [1.54, 1.807) is 6.07 Å². The van der Waals surface area contributed by atoms with Crippen LogP contribution in [0.15, 0.2) is 16.5 Å². The van der Waals surface area contributed by atoms with Crippen LogP contribution < -0.4 is 11.1 Å². The molecule has 1 aliphatic rings. The fourth-order valence-electron chi connectivity index (χ4n) is 2.14. The minimum absolute atomic E-state index is 0.103. The molecule has 1 amide bonds. The molecule has 20 heavy (non-hydrogen) atoms. The largest absolute Gasteiger partial charge is 0.475 e. The Morgan fingerprint density at radius 1 is 1.40 bits per heavy atom. The number of nitrogens with zero attached hydrogens (tertiary/aromatic N) is 1. The summed E-state index contributed by atoms with van der Waals surface area (Å²) in [6, 6.07) is 3.16. The molecule has 0 atom stereocenters. The number of hydrogen-bond donors (Lipinski definition) is 3. The Labute approximate surface area is 116 Å². The van der Waals surface area contributed by atoms with Gasteiger partial charge in [-0.2, -0.15) is 0 Å². The highest BCUT2D eigenvalue weighted by molar-refractivity contribution is 5.84. The van der Waals surface area contributed by atoms with Crippen molar-refractivity contribution in [3.63, 3.8) is 0 Å². The van der Waals surface area contributed by atoms with Crippen LogP contribution in [0.5, 0.6) is 0 Å². The number of carbonyl (C=O) groups excluding carboxylic acids is 1. The number of carbonyl (C=O) groups is 2. The number of carboxylic acids is 1. The first-order valence-corrected chi connectivity index (χ1v) is 6.61. The van der Waals surface area contributed by atoms with E-state index in [9.17, 15) is 9.59 Å². The number of furan rings is 1. The maximum Gasteiger partial charge on any atom is 0.371 e. The molecule has 0 saturated carbocycles. The van der Waals surface area contributed by atoms with Gasteiger partial charge in [0.05, 0.1) is 13.1 Å². The van der Waals surface area contributed by atoms with Gasteiger partial charge in [0.25, 0.3) is 0 Å². The first-order chi connectivity index (χ1) is 9.54. The molecule has 1 fully saturated rings. The molecule has 7 heteroatoms. The highest BCUT2D eigenvalue weighted by Gasteiger charge is 2.18. The molecular weight excluding hydrogens is 262 g/mol. The fraction of sp³-hybridized carbons (Fsp3) is 0.538. The maximum atomic E-state index is 11.8. The van der Waals surface area contributed by atoms with E-state index in [4.69, 9.17) is 15.3 Å². The summed E-state index contributed by atoms with van der Waals surface area (Å²) in [7, 11) is 0. The second kappa shape index (κ2) is 6.53. The Morgan fingerprint density at radius 3 is 2.70 bits per heavy atom. The van der Waals surface area contributed by atoms with E-state index in [1.165, 1.54) is 6.07 Å². The lowest BCUT2D eigenvalue weighted by atomic mass is 10.1. The van der Waals surface area contributed by atoms with E-state index in [1.807, 2.05) is 0 Å². The summed E-state index contributed by atoms with van der Waals surface area (Å²) in [5.41, 5.74) is 5.80. The molecule has 7 nitrogen and oxygen atoms in total. The van der Waals surface area contributed by atoms with Crippen molar-refractivity contribution in [3.05, 3.63) is 23.7 Å². The third kappa shape index (κ3) is 4.07. The molecule has 1 saturated heterocycles. The number of amides is 1. The molecule has 0 aliphatic carbocycles. The Hall–Kier alpha value is -1.86. The van der Waals surface area contributed by atoms with Crippen molar-refractivity contribution in [1.82, 2.24) is 10.2 Å². The van der Waals surface area contributed by atoms with Gasteiger partial charge in [0, 0.05) is 19.1 Å². The number of likely N-dealkylation sites (tertiary alicyclic amines) is 1. The van der Waals surface area contributed by atoms with Gasteiger partial charge in [-0.1, -0.05) is 0 Å². The maximum absolute atomic E-state index is 11.8. The van der Waals surface area contributed by atoms with E-state index in [-0.39, 0.29) is 24.3 Å². The first kappa shape index (κ1) is 14.5. The summed E-state index contributed by atoms with van der Waals surface area (Å²) in [4.78, 5) is 24.5. The SMILES string of the molecule is NC1CCN(CC(=O)NCc2ccc(C(=O)O)o2)CC1. The fourth-order valence-corrected chi connectivity index (χ4v) is 2.14. The summed E-state index contributed by atoms with van der Waals surface area (Å²) in [6.07, 6.45) is 1.82. The van der Waals surface area contributed by atoms with Gasteiger partial charge in [-0.25, -0.2) is 4.79 Å². The van der Waals surface area contributed by atoms with Gasteiger partial charge in [0.2, 0.25) is 11.7 Å². The number of carboxylic acid groups (broad SMARTS) is 1. The molecule has 0 unspecified atom stereocenters. The minimum atomic E-state index is -1.12. The average Bonchev–Trinajstić information content (AvgIpc) is 2.88. The van der Waals surface area contributed by atoms with Crippen LogP contribution in [0.25, 0.3) is 0 Å². The van der Waals surface area contributed by atoms with Crippen LogP contribution in [0.3, 0.4) is 0 Å². The van der Waals surface area contributed by atoms with Crippen LogP contribution in [0.1, 0.15) is 29.2 Å². The van der Waals surface area contributed by atoms with Crippen molar-refractivity contribution in [2.24, 2.45) is 5.73 Å². The van der Waals surface area contributed by atoms with Crippen LogP contribution in [-0.4, -0.2) is 47.6 Å². The molecule has 4 N–H and O–H groups in total. The Kier molecular flexibility index (Phi) is 4.75. The van der Waals surface area contributed by atoms with Crippen molar-refractivity contribution >= 4 is 11.9 Å². The molecule has 0 spiro atoms. The van der Waals surface area contributed by atoms with Gasteiger partial charge in [-0.15, -0.1) is 0 Å². The standard InChI is InChI=1S/C13H19N3O4/c14-9-3-5-16(6-4-9)8-12(17)15-7-10-1-2-11(20-10)13(18)19/h1-2,9H,3-8,14H2,(H,15,17)(H,18,19). The van der Waals surface area contributed by atoms with E-state index >= 15 is 0 Å². The van der Waals surface area contributed by atoms with Crippen molar-refractivity contribution in [2.45, 2.75) is 25.4 Å². The number of aromatic carboxylic acids is 1. The summed E-state index contributed by atoms with van der Waals surface area (Å²) in [5.74, 6) is -0.920. The van der Waals surface area contributed by atoms with E-state index in [2.05, 4.69) is 10.2 Å².